The van der Waals surface area contributed by atoms with E-state index >= 15 is 0 Å². The minimum atomic E-state index is -0.784. The lowest BCUT2D eigenvalue weighted by molar-refractivity contribution is -0.139. The first kappa shape index (κ1) is 33.7. The Hall–Kier alpha value is -3.61. The van der Waals surface area contributed by atoms with Crippen molar-refractivity contribution in [2.24, 2.45) is 4.99 Å². The van der Waals surface area contributed by atoms with E-state index < -0.39 is 12.0 Å². The van der Waals surface area contributed by atoms with Crippen LogP contribution in [0.2, 0.25) is 5.02 Å². The van der Waals surface area contributed by atoms with E-state index in [9.17, 15) is 9.59 Å². The SMILES string of the molecule is CCOC(=O)C1=C(C)N=c2s/c(=C\c3cc(I)c(OCc4cccc(Cl)c4)c(OCC)c3)c(=O)n2[C@H]1c1ccccc1OC(C)C. The van der Waals surface area contributed by atoms with Gasteiger partial charge >= 0.3 is 5.97 Å². The van der Waals surface area contributed by atoms with Crippen LogP contribution in [0.4, 0.5) is 0 Å². The van der Waals surface area contributed by atoms with Crippen LogP contribution in [-0.4, -0.2) is 29.9 Å². The van der Waals surface area contributed by atoms with Crippen molar-refractivity contribution in [3.05, 3.63) is 117 Å². The molecule has 0 spiro atoms. The van der Waals surface area contributed by atoms with E-state index in [0.29, 0.717) is 61.7 Å². The number of ether oxygens (including phenoxy) is 4. The molecule has 5 rings (SSSR count). The van der Waals surface area contributed by atoms with Crippen molar-refractivity contribution < 1.29 is 23.7 Å². The zero-order chi connectivity index (χ0) is 33.0. The maximum atomic E-state index is 14.2. The number of hydrogen-bond donors (Lipinski definition) is 0. The molecular weight excluding hydrogens is 739 g/mol. The second-order valence-electron chi connectivity index (χ2n) is 10.7. The van der Waals surface area contributed by atoms with Crippen LogP contribution in [0.1, 0.15) is 57.4 Å². The number of rotatable bonds is 11. The van der Waals surface area contributed by atoms with E-state index in [1.807, 2.05) is 87.5 Å². The fourth-order valence-electron chi connectivity index (χ4n) is 5.16. The van der Waals surface area contributed by atoms with E-state index in [2.05, 4.69) is 22.6 Å². The molecule has 46 heavy (non-hydrogen) atoms. The van der Waals surface area contributed by atoms with Crippen LogP contribution in [-0.2, 0) is 16.1 Å². The summed E-state index contributed by atoms with van der Waals surface area (Å²) in [6.45, 7) is 10.2. The third kappa shape index (κ3) is 7.34. The summed E-state index contributed by atoms with van der Waals surface area (Å²) in [6.07, 6.45) is 1.69. The van der Waals surface area contributed by atoms with Gasteiger partial charge in [-0.05, 0) is 105 Å². The first-order chi connectivity index (χ1) is 22.1. The molecule has 1 atom stereocenters. The summed E-state index contributed by atoms with van der Waals surface area (Å²) in [4.78, 5) is 32.7. The van der Waals surface area contributed by atoms with Gasteiger partial charge in [-0.15, -0.1) is 0 Å². The number of thiazole rings is 1. The topological polar surface area (TPSA) is 88.4 Å². The number of aromatic nitrogens is 1. The average molecular weight is 773 g/mol. The van der Waals surface area contributed by atoms with Gasteiger partial charge < -0.3 is 18.9 Å². The van der Waals surface area contributed by atoms with E-state index in [4.69, 9.17) is 35.5 Å². The highest BCUT2D eigenvalue weighted by atomic mass is 127. The van der Waals surface area contributed by atoms with E-state index in [-0.39, 0.29) is 18.3 Å². The van der Waals surface area contributed by atoms with Crippen molar-refractivity contribution >= 4 is 57.6 Å². The second-order valence-corrected chi connectivity index (χ2v) is 13.3. The van der Waals surface area contributed by atoms with Crippen LogP contribution < -0.4 is 29.1 Å². The highest BCUT2D eigenvalue weighted by Gasteiger charge is 2.35. The summed E-state index contributed by atoms with van der Waals surface area (Å²) < 4.78 is 26.6. The summed E-state index contributed by atoms with van der Waals surface area (Å²) in [5.74, 6) is 1.23. The number of allylic oxidation sites excluding steroid dienone is 1. The normalized spacial score (nSPS) is 14.6. The largest absolute Gasteiger partial charge is 0.491 e. The molecule has 1 aliphatic rings. The molecule has 0 bridgehead atoms. The number of fused-ring (bicyclic) bond motifs is 1. The summed E-state index contributed by atoms with van der Waals surface area (Å²) >= 11 is 9.62. The van der Waals surface area contributed by atoms with E-state index in [1.54, 1.807) is 18.4 Å². The molecule has 1 aromatic heterocycles. The predicted octanol–water partition coefficient (Wildman–Crippen LogP) is 6.82. The molecule has 4 aromatic rings. The lowest BCUT2D eigenvalue weighted by Crippen LogP contribution is -2.40. The van der Waals surface area contributed by atoms with Crippen molar-refractivity contribution in [2.75, 3.05) is 13.2 Å². The Morgan fingerprint density at radius 2 is 1.85 bits per heavy atom. The zero-order valence-corrected chi connectivity index (χ0v) is 29.9. The van der Waals surface area contributed by atoms with Crippen molar-refractivity contribution in [2.45, 2.75) is 53.4 Å². The maximum absolute atomic E-state index is 14.2. The first-order valence-corrected chi connectivity index (χ1v) is 17.2. The maximum Gasteiger partial charge on any atom is 0.338 e. The number of hydrogen-bond acceptors (Lipinski definition) is 8. The molecule has 0 saturated heterocycles. The molecule has 0 radical (unpaired) electrons. The van der Waals surface area contributed by atoms with Crippen LogP contribution in [0.25, 0.3) is 6.08 Å². The van der Waals surface area contributed by atoms with Gasteiger partial charge in [-0.3, -0.25) is 9.36 Å². The average Bonchev–Trinajstić information content (AvgIpc) is 3.30. The number of halogens is 2. The number of benzene rings is 3. The lowest BCUT2D eigenvalue weighted by atomic mass is 9.95. The molecule has 2 heterocycles. The first-order valence-electron chi connectivity index (χ1n) is 14.9. The summed E-state index contributed by atoms with van der Waals surface area (Å²) in [7, 11) is 0. The Kier molecular flexibility index (Phi) is 10.9. The fraction of sp³-hybridized carbons (Fsp3) is 0.286. The number of carbonyl (C=O) groups excluding carboxylic acids is 1. The number of nitrogens with zero attached hydrogens (tertiary/aromatic N) is 2. The fourth-order valence-corrected chi connectivity index (χ4v) is 7.20. The lowest BCUT2D eigenvalue weighted by Gasteiger charge is -2.26. The second kappa shape index (κ2) is 14.9. The number of carbonyl (C=O) groups is 1. The molecule has 0 aliphatic carbocycles. The highest BCUT2D eigenvalue weighted by molar-refractivity contribution is 14.1. The Morgan fingerprint density at radius 1 is 1.07 bits per heavy atom. The predicted molar refractivity (Wildman–Crippen MR) is 189 cm³/mol. The molecule has 3 aromatic carbocycles. The molecule has 8 nitrogen and oxygen atoms in total. The Labute approximate surface area is 290 Å². The van der Waals surface area contributed by atoms with Crippen molar-refractivity contribution in [1.29, 1.82) is 0 Å². The Balaban J connectivity index is 1.62. The summed E-state index contributed by atoms with van der Waals surface area (Å²) in [5, 5.41) is 0.639. The summed E-state index contributed by atoms with van der Waals surface area (Å²) in [6, 6.07) is 18.0. The minimum absolute atomic E-state index is 0.118. The van der Waals surface area contributed by atoms with Gasteiger partial charge in [0.25, 0.3) is 5.56 Å². The highest BCUT2D eigenvalue weighted by Crippen LogP contribution is 2.37. The molecular formula is C35H34ClIN2O6S. The standard InChI is InChI=1S/C35H34ClIN2O6S/c1-6-42-28-17-23(16-26(37)32(28)44-19-22-11-10-12-24(36)15-22)18-29-33(40)39-31(25-13-8-9-14-27(25)45-20(3)4)30(34(41)43-7-2)21(5)38-35(39)46-29/h8-18,20,31H,6-7,19H2,1-5H3/b29-18-/t31-/m0/s1. The summed E-state index contributed by atoms with van der Waals surface area (Å²) in [5.41, 5.74) is 2.88. The monoisotopic (exact) mass is 772 g/mol. The molecule has 11 heteroatoms. The zero-order valence-electron chi connectivity index (χ0n) is 26.1. The van der Waals surface area contributed by atoms with Crippen LogP contribution in [0, 0.1) is 3.57 Å². The van der Waals surface area contributed by atoms with Crippen molar-refractivity contribution in [3.63, 3.8) is 0 Å². The quantitative estimate of drug-likeness (QED) is 0.123. The number of esters is 1. The van der Waals surface area contributed by atoms with Crippen LogP contribution in [0.3, 0.4) is 0 Å². The van der Waals surface area contributed by atoms with Gasteiger partial charge in [0.05, 0.1) is 38.7 Å². The number of para-hydroxylation sites is 1. The van der Waals surface area contributed by atoms with Gasteiger partial charge in [0, 0.05) is 10.6 Å². The van der Waals surface area contributed by atoms with Crippen LogP contribution in [0.5, 0.6) is 17.2 Å². The van der Waals surface area contributed by atoms with Crippen molar-refractivity contribution in [1.82, 2.24) is 4.57 Å². The van der Waals surface area contributed by atoms with E-state index in [0.717, 1.165) is 14.7 Å². The molecule has 1 aliphatic heterocycles. The molecule has 240 valence electrons. The molecule has 0 N–H and O–H groups in total. The molecule has 0 fully saturated rings. The third-order valence-corrected chi connectivity index (χ3v) is 9.01. The van der Waals surface area contributed by atoms with Crippen molar-refractivity contribution in [3.8, 4) is 17.2 Å². The molecule has 0 amide bonds. The van der Waals surface area contributed by atoms with Gasteiger partial charge in [-0.25, -0.2) is 9.79 Å². The Morgan fingerprint density at radius 3 is 2.57 bits per heavy atom. The van der Waals surface area contributed by atoms with Crippen LogP contribution >= 0.6 is 45.5 Å². The van der Waals surface area contributed by atoms with Gasteiger partial charge in [-0.2, -0.15) is 0 Å². The molecule has 0 saturated carbocycles. The third-order valence-electron chi connectivity index (χ3n) is 6.99. The van der Waals surface area contributed by atoms with Crippen LogP contribution in [0.15, 0.2) is 81.7 Å². The van der Waals surface area contributed by atoms with Gasteiger partial charge in [0.1, 0.15) is 18.4 Å². The van der Waals surface area contributed by atoms with Gasteiger partial charge in [0.15, 0.2) is 16.3 Å². The minimum Gasteiger partial charge on any atom is -0.491 e. The smallest absolute Gasteiger partial charge is 0.338 e. The van der Waals surface area contributed by atoms with Gasteiger partial charge in [0.2, 0.25) is 0 Å². The van der Waals surface area contributed by atoms with Gasteiger partial charge in [-0.1, -0.05) is 53.3 Å². The van der Waals surface area contributed by atoms with E-state index in [1.165, 1.54) is 11.3 Å². The Bertz CT molecular complexity index is 1980. The molecule has 0 unspecified atom stereocenters.